The Balaban J connectivity index is 2.19. The molecule has 17 heavy (non-hydrogen) atoms. The van der Waals surface area contributed by atoms with Crippen molar-refractivity contribution >= 4 is 16.8 Å². The minimum atomic E-state index is -0.177. The summed E-state index contributed by atoms with van der Waals surface area (Å²) in [6.07, 6.45) is 1.80. The second kappa shape index (κ2) is 4.71. The van der Waals surface area contributed by atoms with E-state index in [1.165, 1.54) is 0 Å². The number of rotatable bonds is 3. The zero-order chi connectivity index (χ0) is 12.3. The fourth-order valence-electron chi connectivity index (χ4n) is 1.67. The van der Waals surface area contributed by atoms with Crippen molar-refractivity contribution < 1.29 is 4.79 Å². The number of H-pyrrole nitrogens is 1. The Bertz CT molecular complexity index is 580. The van der Waals surface area contributed by atoms with Crippen molar-refractivity contribution in [3.63, 3.8) is 0 Å². The average molecular weight is 227 g/mol. The summed E-state index contributed by atoms with van der Waals surface area (Å²) in [6, 6.07) is 9.49. The average Bonchev–Trinajstić information content (AvgIpc) is 2.83. The highest BCUT2D eigenvalue weighted by molar-refractivity contribution is 6.06. The number of amides is 1. The first-order valence-electron chi connectivity index (χ1n) is 5.46. The van der Waals surface area contributed by atoms with Gasteiger partial charge in [0.2, 0.25) is 0 Å². The molecule has 1 heterocycles. The van der Waals surface area contributed by atoms with Crippen molar-refractivity contribution in [2.24, 2.45) is 5.92 Å². The molecule has 0 aliphatic heterocycles. The largest absolute Gasteiger partial charge is 0.361 e. The van der Waals surface area contributed by atoms with E-state index in [2.05, 4.69) is 16.4 Å². The monoisotopic (exact) mass is 227 g/mol. The second-order valence-corrected chi connectivity index (χ2v) is 3.98. The molecule has 4 heteroatoms. The number of fused-ring (bicyclic) bond motifs is 1. The Morgan fingerprint density at radius 1 is 1.53 bits per heavy atom. The van der Waals surface area contributed by atoms with Crippen LogP contribution in [0.5, 0.6) is 0 Å². The van der Waals surface area contributed by atoms with E-state index < -0.39 is 0 Å². The number of nitrogens with one attached hydrogen (secondary N) is 2. The third-order valence-corrected chi connectivity index (χ3v) is 2.63. The number of hydrogen-bond acceptors (Lipinski definition) is 2. The Kier molecular flexibility index (Phi) is 3.10. The molecule has 1 atom stereocenters. The van der Waals surface area contributed by atoms with E-state index in [1.54, 1.807) is 19.2 Å². The molecule has 0 fully saturated rings. The van der Waals surface area contributed by atoms with E-state index in [0.29, 0.717) is 12.1 Å². The molecule has 86 valence electrons. The zero-order valence-corrected chi connectivity index (χ0v) is 9.53. The second-order valence-electron chi connectivity index (χ2n) is 3.98. The fourth-order valence-corrected chi connectivity index (χ4v) is 1.67. The van der Waals surface area contributed by atoms with Crippen LogP contribution in [0.1, 0.15) is 17.3 Å². The number of aromatic amines is 1. The lowest BCUT2D eigenvalue weighted by Crippen LogP contribution is -2.27. The van der Waals surface area contributed by atoms with Gasteiger partial charge in [-0.15, -0.1) is 0 Å². The van der Waals surface area contributed by atoms with E-state index in [1.807, 2.05) is 18.2 Å². The Hall–Kier alpha value is -2.28. The van der Waals surface area contributed by atoms with Gasteiger partial charge in [-0.2, -0.15) is 5.26 Å². The van der Waals surface area contributed by atoms with Crippen molar-refractivity contribution in [3.05, 3.63) is 36.0 Å². The molecule has 0 bridgehead atoms. The number of carbonyl (C=O) groups excluding carboxylic acids is 1. The molecule has 2 rings (SSSR count). The predicted octanol–water partition coefficient (Wildman–Crippen LogP) is 2.06. The van der Waals surface area contributed by atoms with E-state index in [9.17, 15) is 4.79 Å². The number of benzene rings is 1. The molecule has 0 saturated heterocycles. The summed E-state index contributed by atoms with van der Waals surface area (Å²) in [5.41, 5.74) is 1.57. The van der Waals surface area contributed by atoms with Crippen LogP contribution in [0.4, 0.5) is 0 Å². The van der Waals surface area contributed by atoms with Crippen molar-refractivity contribution in [2.75, 3.05) is 6.54 Å². The van der Waals surface area contributed by atoms with Crippen LogP contribution in [0.3, 0.4) is 0 Å². The molecule has 1 unspecified atom stereocenters. The summed E-state index contributed by atoms with van der Waals surface area (Å²) in [7, 11) is 0. The van der Waals surface area contributed by atoms with Gasteiger partial charge < -0.3 is 10.3 Å². The van der Waals surface area contributed by atoms with Gasteiger partial charge in [0.1, 0.15) is 0 Å². The standard InChI is InChI=1S/C13H13N3O/c1-9(7-14)8-16-13(17)11-3-2-4-12-10(11)5-6-15-12/h2-6,9,15H,8H2,1H3,(H,16,17). The number of nitrogens with zero attached hydrogens (tertiary/aromatic N) is 1. The summed E-state index contributed by atoms with van der Waals surface area (Å²) in [5, 5.41) is 12.3. The highest BCUT2D eigenvalue weighted by Crippen LogP contribution is 2.17. The molecule has 0 aliphatic carbocycles. The maximum Gasteiger partial charge on any atom is 0.252 e. The van der Waals surface area contributed by atoms with Gasteiger partial charge in [-0.05, 0) is 25.1 Å². The summed E-state index contributed by atoms with van der Waals surface area (Å²) in [6.45, 7) is 2.15. The van der Waals surface area contributed by atoms with Gasteiger partial charge in [-0.25, -0.2) is 0 Å². The van der Waals surface area contributed by atoms with Crippen LogP contribution in [-0.4, -0.2) is 17.4 Å². The van der Waals surface area contributed by atoms with Crippen LogP contribution in [-0.2, 0) is 0 Å². The van der Waals surface area contributed by atoms with Crippen LogP contribution in [0.25, 0.3) is 10.9 Å². The molecular formula is C13H13N3O. The van der Waals surface area contributed by atoms with Crippen LogP contribution < -0.4 is 5.32 Å². The van der Waals surface area contributed by atoms with Crippen molar-refractivity contribution in [1.29, 1.82) is 5.26 Å². The smallest absolute Gasteiger partial charge is 0.252 e. The maximum absolute atomic E-state index is 11.9. The zero-order valence-electron chi connectivity index (χ0n) is 9.53. The van der Waals surface area contributed by atoms with E-state index in [-0.39, 0.29) is 11.8 Å². The topological polar surface area (TPSA) is 68.7 Å². The Labute approximate surface area is 99.3 Å². The molecule has 1 aromatic carbocycles. The number of nitriles is 1. The van der Waals surface area contributed by atoms with E-state index >= 15 is 0 Å². The Morgan fingerprint density at radius 2 is 2.35 bits per heavy atom. The van der Waals surface area contributed by atoms with E-state index in [0.717, 1.165) is 10.9 Å². The molecule has 2 N–H and O–H groups in total. The van der Waals surface area contributed by atoms with Gasteiger partial charge >= 0.3 is 0 Å². The van der Waals surface area contributed by atoms with Crippen LogP contribution in [0.15, 0.2) is 30.5 Å². The van der Waals surface area contributed by atoms with Crippen LogP contribution in [0.2, 0.25) is 0 Å². The molecule has 2 aromatic rings. The quantitative estimate of drug-likeness (QED) is 0.842. The van der Waals surface area contributed by atoms with Gasteiger partial charge in [-0.1, -0.05) is 6.07 Å². The molecule has 0 saturated carbocycles. The lowest BCUT2D eigenvalue weighted by Gasteiger charge is -2.07. The first-order valence-corrected chi connectivity index (χ1v) is 5.46. The van der Waals surface area contributed by atoms with Gasteiger partial charge in [0.25, 0.3) is 5.91 Å². The van der Waals surface area contributed by atoms with Gasteiger partial charge in [0, 0.05) is 29.2 Å². The number of hydrogen-bond donors (Lipinski definition) is 2. The van der Waals surface area contributed by atoms with Crippen LogP contribution >= 0.6 is 0 Å². The van der Waals surface area contributed by atoms with E-state index in [4.69, 9.17) is 5.26 Å². The van der Waals surface area contributed by atoms with Gasteiger partial charge in [-0.3, -0.25) is 4.79 Å². The summed E-state index contributed by atoms with van der Waals surface area (Å²) in [4.78, 5) is 15.0. The fraction of sp³-hybridized carbons (Fsp3) is 0.231. The first kappa shape index (κ1) is 11.2. The molecular weight excluding hydrogens is 214 g/mol. The van der Waals surface area contributed by atoms with Gasteiger partial charge in [0.15, 0.2) is 0 Å². The van der Waals surface area contributed by atoms with Crippen molar-refractivity contribution in [3.8, 4) is 6.07 Å². The van der Waals surface area contributed by atoms with Crippen molar-refractivity contribution in [2.45, 2.75) is 6.92 Å². The molecule has 0 aliphatic rings. The van der Waals surface area contributed by atoms with Crippen LogP contribution in [0, 0.1) is 17.2 Å². The first-order chi connectivity index (χ1) is 8.22. The third-order valence-electron chi connectivity index (χ3n) is 2.63. The molecule has 1 amide bonds. The minimum Gasteiger partial charge on any atom is -0.361 e. The number of carbonyl (C=O) groups is 1. The van der Waals surface area contributed by atoms with Crippen molar-refractivity contribution in [1.82, 2.24) is 10.3 Å². The summed E-state index contributed by atoms with van der Waals surface area (Å²) >= 11 is 0. The SMILES string of the molecule is CC(C#N)CNC(=O)c1cccc2[nH]ccc12. The molecule has 0 radical (unpaired) electrons. The summed E-state index contributed by atoms with van der Waals surface area (Å²) < 4.78 is 0. The molecule has 0 spiro atoms. The minimum absolute atomic E-state index is 0.141. The molecule has 1 aromatic heterocycles. The highest BCUT2D eigenvalue weighted by atomic mass is 16.1. The Morgan fingerprint density at radius 3 is 3.12 bits per heavy atom. The maximum atomic E-state index is 11.9. The third kappa shape index (κ3) is 2.28. The van der Waals surface area contributed by atoms with Gasteiger partial charge in [0.05, 0.1) is 12.0 Å². The predicted molar refractivity (Wildman–Crippen MR) is 65.4 cm³/mol. The number of aromatic nitrogens is 1. The lowest BCUT2D eigenvalue weighted by atomic mass is 10.1. The summed E-state index contributed by atoms with van der Waals surface area (Å²) in [5.74, 6) is -0.318. The normalized spacial score (nSPS) is 12.0. The molecule has 4 nitrogen and oxygen atoms in total. The highest BCUT2D eigenvalue weighted by Gasteiger charge is 2.10. The lowest BCUT2D eigenvalue weighted by molar-refractivity contribution is 0.0952.